The molecule has 1 aromatic heterocycles. The van der Waals surface area contributed by atoms with E-state index < -0.39 is 182 Å². The number of hydrogen-bond acceptors (Lipinski definition) is 27. The smallest absolute Gasteiger partial charge is 0.383 e. The first kappa shape index (κ1) is 68.3. The number of aromatic nitrogens is 2. The van der Waals surface area contributed by atoms with Crippen LogP contribution < -0.4 is 27.8 Å². The van der Waals surface area contributed by atoms with Crippen LogP contribution >= 0.6 is 39.1 Å². The van der Waals surface area contributed by atoms with E-state index in [1.807, 2.05) is 0 Å². The lowest BCUT2D eigenvalue weighted by atomic mass is 10.1. The molecule has 20 atom stereocenters. The highest BCUT2D eigenvalue weighted by Gasteiger charge is 2.48. The largest absolute Gasteiger partial charge is 0.472 e. The second-order valence-corrected chi connectivity index (χ2v) is 26.1. The van der Waals surface area contributed by atoms with Gasteiger partial charge in [-0.25, -0.2) is 27.6 Å². The Kier molecular flexibility index (Phi) is 24.8. The summed E-state index contributed by atoms with van der Waals surface area (Å²) in [6.07, 6.45) is -17.9. The lowest BCUT2D eigenvalue weighted by molar-refractivity contribution is -0.136. The molecular weight excluding hydrogens is 1210 g/mol. The standard InChI is InChI=1S/C39H68N9O29P5/c1-20-10-25(74-79(55,56)63-9-5-7-43-23(4)49)30(68-20)17-65-80(57,58)75-26-11-21(2)69-31(26)18-66-81(59,60)76-27-12-22(3)70-32(27)19-67-82(61,62)77-28-13-34(41)73-37(28)38(50)44-15-35(46-47-42)71-24-14-36(48-8-6-33(40)45-39(48)51)72-29(24)16-64-78(52,53)54/h6,8,20-22,24-32,34-37H,5,7,9-19,41H2,1-4H3,(H,43,49)(H,44,50)(H,55,56)(H,57,58)(H,59,60)(H,61,62)(H2,40,45,51)(H2,52,53,54). The van der Waals surface area contributed by atoms with Crippen LogP contribution in [-0.2, 0) is 102 Å². The van der Waals surface area contributed by atoms with Gasteiger partial charge in [0.05, 0.1) is 57.5 Å². The Morgan fingerprint density at radius 1 is 0.720 bits per heavy atom. The van der Waals surface area contributed by atoms with E-state index >= 15 is 0 Å². The number of phosphoric ester groups is 5. The van der Waals surface area contributed by atoms with Crippen molar-refractivity contribution in [2.24, 2.45) is 10.8 Å². The average Bonchev–Trinajstić information content (AvgIpc) is 4.23. The summed E-state index contributed by atoms with van der Waals surface area (Å²) in [4.78, 5) is 104. The maximum atomic E-state index is 13.5. The molecule has 0 spiro atoms. The molecule has 38 nitrogen and oxygen atoms in total. The average molecular weight is 1280 g/mol. The van der Waals surface area contributed by atoms with Crippen molar-refractivity contribution in [3.63, 3.8) is 0 Å². The van der Waals surface area contributed by atoms with Crippen LogP contribution in [0.3, 0.4) is 0 Å². The maximum absolute atomic E-state index is 13.5. The molecule has 0 aromatic carbocycles. The van der Waals surface area contributed by atoms with Gasteiger partial charge in [0.2, 0.25) is 5.91 Å². The van der Waals surface area contributed by atoms with Crippen LogP contribution in [0.15, 0.2) is 22.2 Å². The summed E-state index contributed by atoms with van der Waals surface area (Å²) in [5.74, 6) is -1.41. The highest BCUT2D eigenvalue weighted by molar-refractivity contribution is 7.48. The summed E-state index contributed by atoms with van der Waals surface area (Å²) >= 11 is 0. The Morgan fingerprint density at radius 3 is 1.67 bits per heavy atom. The third-order valence-electron chi connectivity index (χ3n) is 12.5. The highest BCUT2D eigenvalue weighted by atomic mass is 31.2. The van der Waals surface area contributed by atoms with E-state index in [1.54, 1.807) is 20.8 Å². The number of nitrogens with zero attached hydrogens (tertiary/aromatic N) is 5. The Morgan fingerprint density at radius 2 is 1.20 bits per heavy atom. The van der Waals surface area contributed by atoms with Crippen LogP contribution in [0.25, 0.3) is 10.4 Å². The van der Waals surface area contributed by atoms with Crippen molar-refractivity contribution in [3.8, 4) is 0 Å². The molecule has 0 saturated carbocycles. The molecule has 0 radical (unpaired) electrons. The van der Waals surface area contributed by atoms with Crippen LogP contribution in [-0.4, -0.2) is 189 Å². The normalized spacial score (nSPS) is 33.6. The molecule has 0 aliphatic carbocycles. The third kappa shape index (κ3) is 21.9. The fourth-order valence-corrected chi connectivity index (χ4v) is 13.2. The molecule has 1 aromatic rings. The summed E-state index contributed by atoms with van der Waals surface area (Å²) in [6, 6.07) is 1.29. The fourth-order valence-electron chi connectivity index (χ4n) is 9.02. The van der Waals surface area contributed by atoms with Crippen molar-refractivity contribution in [2.75, 3.05) is 51.9 Å². The summed E-state index contributed by atoms with van der Waals surface area (Å²) in [7, 11) is -24.9. The first-order valence-electron chi connectivity index (χ1n) is 25.2. The summed E-state index contributed by atoms with van der Waals surface area (Å²) in [6.45, 7) is 2.48. The molecule has 2 amide bonds. The molecule has 5 aliphatic heterocycles. The second kappa shape index (κ2) is 29.7. The van der Waals surface area contributed by atoms with Crippen molar-refractivity contribution in [1.82, 2.24) is 20.2 Å². The number of anilines is 1. The zero-order chi connectivity index (χ0) is 60.4. The number of azide groups is 1. The Bertz CT molecular complexity index is 2690. The molecule has 6 heterocycles. The third-order valence-corrected chi connectivity index (χ3v) is 17.1. The molecule has 20 unspecified atom stereocenters. The molecule has 6 rings (SSSR count). The van der Waals surface area contributed by atoms with Crippen LogP contribution in [0.5, 0.6) is 0 Å². The molecule has 12 N–H and O–H groups in total. The van der Waals surface area contributed by atoms with Gasteiger partial charge in [0.1, 0.15) is 67.1 Å². The number of nitrogen functional groups attached to an aromatic ring is 1. The number of nitrogens with one attached hydrogen (secondary N) is 2. The molecule has 43 heteroatoms. The van der Waals surface area contributed by atoms with Gasteiger partial charge in [-0.2, -0.15) is 4.98 Å². The highest BCUT2D eigenvalue weighted by Crippen LogP contribution is 2.53. The van der Waals surface area contributed by atoms with E-state index in [1.165, 1.54) is 19.2 Å². The van der Waals surface area contributed by atoms with Gasteiger partial charge in [-0.05, 0) is 38.8 Å². The Balaban J connectivity index is 0.969. The van der Waals surface area contributed by atoms with Crippen LogP contribution in [0.2, 0.25) is 0 Å². The van der Waals surface area contributed by atoms with Crippen LogP contribution in [0, 0.1) is 0 Å². The van der Waals surface area contributed by atoms with Gasteiger partial charge in [-0.3, -0.25) is 54.9 Å². The van der Waals surface area contributed by atoms with Crippen molar-refractivity contribution < 1.29 is 131 Å². The first-order chi connectivity index (χ1) is 38.3. The lowest BCUT2D eigenvalue weighted by Gasteiger charge is -2.26. The van der Waals surface area contributed by atoms with Crippen molar-refractivity contribution in [3.05, 3.63) is 33.2 Å². The number of carbonyl (C=O) groups excluding carboxylic acids is 2. The minimum absolute atomic E-state index is 0.0132. The van der Waals surface area contributed by atoms with E-state index in [-0.39, 0.29) is 63.4 Å². The summed E-state index contributed by atoms with van der Waals surface area (Å²) < 4.78 is 146. The zero-order valence-corrected chi connectivity index (χ0v) is 48.8. The predicted octanol–water partition coefficient (Wildman–Crippen LogP) is 0.501. The van der Waals surface area contributed by atoms with E-state index in [0.29, 0.717) is 0 Å². The van der Waals surface area contributed by atoms with Gasteiger partial charge in [0.25, 0.3) is 5.91 Å². The number of rotatable bonds is 32. The van der Waals surface area contributed by atoms with Gasteiger partial charge in [0, 0.05) is 63.2 Å². The number of amides is 2. The van der Waals surface area contributed by atoms with E-state index in [0.717, 1.165) is 4.57 Å². The molecule has 5 aliphatic rings. The molecule has 5 fully saturated rings. The van der Waals surface area contributed by atoms with Crippen LogP contribution in [0.4, 0.5) is 5.82 Å². The van der Waals surface area contributed by atoms with E-state index in [2.05, 4.69) is 30.2 Å². The zero-order valence-electron chi connectivity index (χ0n) is 44.3. The summed E-state index contributed by atoms with van der Waals surface area (Å²) in [5, 5.41) is 8.39. The van der Waals surface area contributed by atoms with Gasteiger partial charge < -0.3 is 79.9 Å². The quantitative estimate of drug-likeness (QED) is 0.0154. The molecule has 468 valence electrons. The molecule has 0 bridgehead atoms. The van der Waals surface area contributed by atoms with Crippen molar-refractivity contribution in [1.29, 1.82) is 0 Å². The molecule has 5 saturated heterocycles. The number of nitrogens with two attached hydrogens (primary N) is 2. The van der Waals surface area contributed by atoms with E-state index in [9.17, 15) is 72.1 Å². The van der Waals surface area contributed by atoms with E-state index in [4.69, 9.17) is 76.1 Å². The second-order valence-electron chi connectivity index (χ2n) is 19.3. The topological polar surface area (TPSA) is 539 Å². The first-order valence-corrected chi connectivity index (χ1v) is 32.7. The lowest BCUT2D eigenvalue weighted by Crippen LogP contribution is -2.45. The number of ether oxygens (including phenoxy) is 6. The molecule has 82 heavy (non-hydrogen) atoms. The van der Waals surface area contributed by atoms with Gasteiger partial charge in [0.15, 0.2) is 12.3 Å². The Hall–Kier alpha value is -2.80. The fraction of sp³-hybridized carbons (Fsp3) is 0.846. The predicted molar refractivity (Wildman–Crippen MR) is 270 cm³/mol. The van der Waals surface area contributed by atoms with Crippen molar-refractivity contribution >= 4 is 56.7 Å². The minimum atomic E-state index is -5.17. The summed E-state index contributed by atoms with van der Waals surface area (Å²) in [5.41, 5.74) is 19.9. The van der Waals surface area contributed by atoms with Gasteiger partial charge in [-0.1, -0.05) is 5.11 Å². The van der Waals surface area contributed by atoms with Gasteiger partial charge in [-0.15, -0.1) is 0 Å². The Labute approximate surface area is 466 Å². The van der Waals surface area contributed by atoms with Crippen molar-refractivity contribution in [2.45, 2.75) is 164 Å². The SMILES string of the molecule is CC(=O)NCCCOP(=O)(O)OC1CC(C)OC1COP(=O)(O)OC1CC(C)OC1COP(=O)(O)OC1CC(C)OC1COP(=O)(O)OC1CC(N)OC1C(=O)NCC(N=[N+]=[N-])OC1CC(n2ccc(N)nc2=O)OC1COP(=O)(O)O. The maximum Gasteiger partial charge on any atom is 0.472 e. The van der Waals surface area contributed by atoms with Crippen LogP contribution in [0.1, 0.15) is 72.4 Å². The number of hydrogen-bond donors (Lipinski definition) is 10. The number of phosphoric acid groups is 5. The number of carbonyl (C=O) groups is 2. The van der Waals surface area contributed by atoms with Gasteiger partial charge >= 0.3 is 44.8 Å². The monoisotopic (exact) mass is 1280 g/mol. The molecular formula is C39H68N9O29P5. The minimum Gasteiger partial charge on any atom is -0.383 e.